The van der Waals surface area contributed by atoms with Gasteiger partial charge in [0.2, 0.25) is 5.69 Å². The van der Waals surface area contributed by atoms with Crippen LogP contribution < -0.4 is 9.80 Å². The van der Waals surface area contributed by atoms with E-state index in [9.17, 15) is 0 Å². The number of hydrogen-bond donors (Lipinski definition) is 0. The molecule has 0 radical (unpaired) electrons. The third kappa shape index (κ3) is 6.50. The molecule has 0 amide bonds. The highest BCUT2D eigenvalue weighted by molar-refractivity contribution is 6.11. The molecule has 0 aromatic heterocycles. The first-order chi connectivity index (χ1) is 30.2. The molecular weight excluding hydrogens is 751 g/mol. The van der Waals surface area contributed by atoms with Crippen LogP contribution in [-0.2, 0) is 17.3 Å². The lowest BCUT2D eigenvalue weighted by atomic mass is 9.79. The third-order valence-corrected chi connectivity index (χ3v) is 14.5. The van der Waals surface area contributed by atoms with Gasteiger partial charge < -0.3 is 9.80 Å². The number of allylic oxidation sites excluding steroid dienone is 7. The smallest absolute Gasteiger partial charge is 0.210 e. The summed E-state index contributed by atoms with van der Waals surface area (Å²) < 4.78 is 2.65. The lowest BCUT2D eigenvalue weighted by Gasteiger charge is -2.28. The van der Waals surface area contributed by atoms with E-state index in [0.29, 0.717) is 0 Å². The molecule has 10 rings (SSSR count). The number of para-hydroxylation sites is 1. The van der Waals surface area contributed by atoms with Gasteiger partial charge in [-0.15, -0.1) is 0 Å². The summed E-state index contributed by atoms with van der Waals surface area (Å²) in [4.78, 5) is 5.28. The van der Waals surface area contributed by atoms with Crippen LogP contribution in [0.2, 0.25) is 0 Å². The van der Waals surface area contributed by atoms with Crippen LogP contribution in [0.25, 0.3) is 32.7 Å². The Hall–Kier alpha value is -5.93. The van der Waals surface area contributed by atoms with E-state index in [1.165, 1.54) is 133 Å². The van der Waals surface area contributed by atoms with Crippen LogP contribution in [0, 0.1) is 0 Å². The van der Waals surface area contributed by atoms with Crippen molar-refractivity contribution in [3.63, 3.8) is 0 Å². The first-order valence-corrected chi connectivity index (χ1v) is 23.5. The standard InChI is InChI=1S/C59H62N3/c1-7-9-19-38-60-51-33-29-41-21-11-14-24-44(41)55(51)58(3,4)53(60)35-31-48-46-26-16-17-27-47(46)49(57(48)62-40-37-43-23-13-18-28-50(43)62)32-36-54-59(5,6)56-45-25-15-12-22-42(45)30-34-52(56)61(54)39-20-10-8-2/h11-18,21-36H,7-10,19-20,37-40H2,1-6H3/q+1. The fourth-order valence-corrected chi connectivity index (χ4v) is 11.5. The second-order valence-electron chi connectivity index (χ2n) is 19.0. The highest BCUT2D eigenvalue weighted by Crippen LogP contribution is 2.53. The van der Waals surface area contributed by atoms with Gasteiger partial charge in [0, 0.05) is 70.8 Å². The molecule has 0 spiro atoms. The Morgan fingerprint density at radius 2 is 1.26 bits per heavy atom. The van der Waals surface area contributed by atoms with E-state index in [0.717, 1.165) is 26.1 Å². The van der Waals surface area contributed by atoms with Crippen LogP contribution in [0.1, 0.15) is 108 Å². The highest BCUT2D eigenvalue weighted by atomic mass is 15.2. The van der Waals surface area contributed by atoms with Crippen LogP contribution in [0.5, 0.6) is 0 Å². The minimum Gasteiger partial charge on any atom is -0.344 e. The summed E-state index contributed by atoms with van der Waals surface area (Å²) in [5.41, 5.74) is 17.3. The van der Waals surface area contributed by atoms with Crippen molar-refractivity contribution >= 4 is 55.5 Å². The number of benzene rings is 6. The number of unbranched alkanes of at least 4 members (excludes halogenated alkanes) is 4. The first-order valence-electron chi connectivity index (χ1n) is 23.5. The molecule has 0 atom stereocenters. The molecule has 0 fully saturated rings. The number of rotatable bonds is 12. The minimum absolute atomic E-state index is 0.171. The van der Waals surface area contributed by atoms with Crippen molar-refractivity contribution in [3.05, 3.63) is 185 Å². The van der Waals surface area contributed by atoms with Gasteiger partial charge in [0.05, 0.1) is 11.1 Å². The van der Waals surface area contributed by atoms with Crippen molar-refractivity contribution in [1.29, 1.82) is 0 Å². The predicted molar refractivity (Wildman–Crippen MR) is 266 cm³/mol. The SMILES string of the molecule is CCCCCN1/C(=C/C=C2C(N3CCc4ccccc43)=C(/C=C/C3=[N+](CCCCC)c4ccc5ccccc5c4C3(C)C)c3ccccc3/2)C(C)(C)c2c1ccc1ccccc21. The van der Waals surface area contributed by atoms with Gasteiger partial charge in [-0.2, -0.15) is 4.58 Å². The number of fused-ring (bicyclic) bond motifs is 8. The van der Waals surface area contributed by atoms with Crippen molar-refractivity contribution in [2.24, 2.45) is 0 Å². The molecule has 3 heteroatoms. The summed E-state index contributed by atoms with van der Waals surface area (Å²) in [7, 11) is 0. The topological polar surface area (TPSA) is 9.49 Å². The average Bonchev–Trinajstić information content (AvgIpc) is 3.97. The Labute approximate surface area is 370 Å². The van der Waals surface area contributed by atoms with E-state index in [2.05, 4.69) is 202 Å². The van der Waals surface area contributed by atoms with Crippen LogP contribution in [-0.4, -0.2) is 29.9 Å². The van der Waals surface area contributed by atoms with Gasteiger partial charge in [0.15, 0.2) is 5.71 Å². The third-order valence-electron chi connectivity index (χ3n) is 14.5. The molecule has 3 heterocycles. The zero-order chi connectivity index (χ0) is 42.6. The van der Waals surface area contributed by atoms with Gasteiger partial charge in [-0.1, -0.05) is 150 Å². The van der Waals surface area contributed by atoms with E-state index >= 15 is 0 Å². The monoisotopic (exact) mass is 812 g/mol. The summed E-state index contributed by atoms with van der Waals surface area (Å²) >= 11 is 0. The molecule has 62 heavy (non-hydrogen) atoms. The van der Waals surface area contributed by atoms with Gasteiger partial charge in [0.1, 0.15) is 6.54 Å². The van der Waals surface area contributed by atoms with E-state index in [4.69, 9.17) is 0 Å². The van der Waals surface area contributed by atoms with E-state index in [1.807, 2.05) is 0 Å². The fourth-order valence-electron chi connectivity index (χ4n) is 11.5. The summed E-state index contributed by atoms with van der Waals surface area (Å²) in [6.45, 7) is 17.4. The van der Waals surface area contributed by atoms with Crippen LogP contribution in [0.4, 0.5) is 17.1 Å². The molecule has 0 unspecified atom stereocenters. The molecule has 3 aliphatic heterocycles. The van der Waals surface area contributed by atoms with E-state index in [1.54, 1.807) is 0 Å². The maximum absolute atomic E-state index is 2.65. The van der Waals surface area contributed by atoms with E-state index in [-0.39, 0.29) is 10.8 Å². The maximum atomic E-state index is 2.65. The van der Waals surface area contributed by atoms with Gasteiger partial charge in [-0.25, -0.2) is 0 Å². The molecule has 0 N–H and O–H groups in total. The zero-order valence-corrected chi connectivity index (χ0v) is 37.8. The highest BCUT2D eigenvalue weighted by Gasteiger charge is 2.46. The van der Waals surface area contributed by atoms with Crippen LogP contribution in [0.15, 0.2) is 157 Å². The molecule has 6 aromatic rings. The zero-order valence-electron chi connectivity index (χ0n) is 37.8. The average molecular weight is 813 g/mol. The lowest BCUT2D eigenvalue weighted by Crippen LogP contribution is -2.28. The van der Waals surface area contributed by atoms with Gasteiger partial charge >= 0.3 is 0 Å². The van der Waals surface area contributed by atoms with Gasteiger partial charge in [-0.05, 0) is 107 Å². The largest absolute Gasteiger partial charge is 0.344 e. The second kappa shape index (κ2) is 16.1. The molecule has 6 aromatic carbocycles. The Morgan fingerprint density at radius 1 is 0.597 bits per heavy atom. The van der Waals surface area contributed by atoms with Gasteiger partial charge in [-0.3, -0.25) is 0 Å². The minimum atomic E-state index is -0.171. The summed E-state index contributed by atoms with van der Waals surface area (Å²) in [6, 6.07) is 45.6. The molecule has 0 saturated heterocycles. The van der Waals surface area contributed by atoms with Crippen LogP contribution in [0.3, 0.4) is 0 Å². The Bertz CT molecular complexity index is 2890. The quantitative estimate of drug-likeness (QED) is 0.0899. The van der Waals surface area contributed by atoms with Crippen molar-refractivity contribution in [2.75, 3.05) is 29.4 Å². The number of nitrogens with zero attached hydrogens (tertiary/aromatic N) is 3. The molecule has 4 aliphatic rings. The van der Waals surface area contributed by atoms with Crippen molar-refractivity contribution in [1.82, 2.24) is 0 Å². The predicted octanol–water partition coefficient (Wildman–Crippen LogP) is 14.9. The van der Waals surface area contributed by atoms with Gasteiger partial charge in [0.25, 0.3) is 0 Å². The summed E-state index contributed by atoms with van der Waals surface area (Å²) in [5.74, 6) is 0. The van der Waals surface area contributed by atoms with E-state index < -0.39 is 0 Å². The second-order valence-corrected chi connectivity index (χ2v) is 19.0. The molecule has 0 bridgehead atoms. The van der Waals surface area contributed by atoms with Crippen LogP contribution >= 0.6 is 0 Å². The summed E-state index contributed by atoms with van der Waals surface area (Å²) in [5, 5.41) is 5.36. The Balaban J connectivity index is 1.16. The molecule has 312 valence electrons. The Morgan fingerprint density at radius 3 is 2.03 bits per heavy atom. The lowest BCUT2D eigenvalue weighted by molar-refractivity contribution is -0.438. The normalized spacial score (nSPS) is 18.6. The summed E-state index contributed by atoms with van der Waals surface area (Å²) in [6.07, 6.45) is 18.2. The fraction of sp³-hybridized carbons (Fsp3) is 0.305. The Kier molecular flexibility index (Phi) is 10.4. The maximum Gasteiger partial charge on any atom is 0.210 e. The first kappa shape index (κ1) is 40.2. The number of hydrogen-bond acceptors (Lipinski definition) is 2. The number of anilines is 2. The molecule has 0 saturated carbocycles. The molecular formula is C59H62N3+. The molecule has 3 nitrogen and oxygen atoms in total. The molecule has 1 aliphatic carbocycles. The van der Waals surface area contributed by atoms with Crippen molar-refractivity contribution in [3.8, 4) is 0 Å². The van der Waals surface area contributed by atoms with Crippen molar-refractivity contribution < 1.29 is 4.58 Å². The van der Waals surface area contributed by atoms with Crippen molar-refractivity contribution in [2.45, 2.75) is 97.3 Å².